The Balaban J connectivity index is 1.96. The standard InChI is InChI=1S/C20H21ClN/c1-15-18(17-11-7-4-8-12-17)13-19(21)20(15)22(2)14-16-9-5-3-6-10-16/h3-12,19H,13-14H2,1-2H3/q+1. The van der Waals surface area contributed by atoms with E-state index in [1.165, 1.54) is 28.0 Å². The van der Waals surface area contributed by atoms with Crippen molar-refractivity contribution >= 4 is 22.9 Å². The van der Waals surface area contributed by atoms with Crippen molar-refractivity contribution in [2.75, 3.05) is 7.05 Å². The minimum atomic E-state index is 0.0592. The molecule has 0 N–H and O–H groups in total. The number of rotatable bonds is 3. The highest BCUT2D eigenvalue weighted by molar-refractivity contribution is 6.37. The van der Waals surface area contributed by atoms with E-state index in [0.29, 0.717) is 0 Å². The molecule has 2 aromatic carbocycles. The quantitative estimate of drug-likeness (QED) is 0.568. The van der Waals surface area contributed by atoms with Crippen LogP contribution in [0.1, 0.15) is 24.5 Å². The maximum atomic E-state index is 6.66. The highest BCUT2D eigenvalue weighted by atomic mass is 35.5. The molecule has 1 aliphatic carbocycles. The summed E-state index contributed by atoms with van der Waals surface area (Å²) in [6.45, 7) is 3.08. The van der Waals surface area contributed by atoms with Crippen LogP contribution in [0.3, 0.4) is 0 Å². The highest BCUT2D eigenvalue weighted by Gasteiger charge is 2.33. The summed E-state index contributed by atoms with van der Waals surface area (Å²) in [5.41, 5.74) is 6.54. The van der Waals surface area contributed by atoms with E-state index < -0.39 is 0 Å². The van der Waals surface area contributed by atoms with Crippen LogP contribution in [-0.2, 0) is 6.54 Å². The topological polar surface area (TPSA) is 3.01 Å². The van der Waals surface area contributed by atoms with E-state index in [4.69, 9.17) is 11.6 Å². The summed E-state index contributed by atoms with van der Waals surface area (Å²) in [5, 5.41) is 0.0592. The predicted octanol–water partition coefficient (Wildman–Crippen LogP) is 4.75. The summed E-state index contributed by atoms with van der Waals surface area (Å²) < 4.78 is 2.29. The zero-order valence-corrected chi connectivity index (χ0v) is 13.8. The van der Waals surface area contributed by atoms with Crippen molar-refractivity contribution < 1.29 is 4.58 Å². The Morgan fingerprint density at radius 3 is 2.23 bits per heavy atom. The second-order valence-corrected chi connectivity index (χ2v) is 6.39. The molecule has 22 heavy (non-hydrogen) atoms. The Morgan fingerprint density at radius 1 is 1.00 bits per heavy atom. The largest absolute Gasteiger partial charge is 0.230 e. The number of hydrogen-bond donors (Lipinski definition) is 0. The maximum Gasteiger partial charge on any atom is 0.197 e. The predicted molar refractivity (Wildman–Crippen MR) is 94.6 cm³/mol. The van der Waals surface area contributed by atoms with Crippen LogP contribution in [0.5, 0.6) is 0 Å². The third kappa shape index (κ3) is 3.00. The zero-order valence-electron chi connectivity index (χ0n) is 13.1. The van der Waals surface area contributed by atoms with Gasteiger partial charge in [-0.1, -0.05) is 60.7 Å². The molecule has 0 saturated carbocycles. The van der Waals surface area contributed by atoms with Crippen LogP contribution < -0.4 is 0 Å². The van der Waals surface area contributed by atoms with Crippen LogP contribution in [0.2, 0.25) is 0 Å². The van der Waals surface area contributed by atoms with Crippen LogP contribution in [0.4, 0.5) is 0 Å². The summed E-state index contributed by atoms with van der Waals surface area (Å²) in [6.07, 6.45) is 0.909. The molecular weight excluding hydrogens is 290 g/mol. The van der Waals surface area contributed by atoms with Crippen LogP contribution in [-0.4, -0.2) is 22.7 Å². The molecule has 0 spiro atoms. The third-order valence-corrected chi connectivity index (χ3v) is 4.67. The third-order valence-electron chi connectivity index (χ3n) is 4.31. The van der Waals surface area contributed by atoms with Gasteiger partial charge >= 0.3 is 0 Å². The Bertz CT molecular complexity index is 714. The van der Waals surface area contributed by atoms with Gasteiger partial charge in [-0.2, -0.15) is 0 Å². The monoisotopic (exact) mass is 310 g/mol. The molecule has 0 amide bonds. The van der Waals surface area contributed by atoms with Crippen LogP contribution in [0, 0.1) is 0 Å². The van der Waals surface area contributed by atoms with Gasteiger partial charge in [0.1, 0.15) is 12.4 Å². The van der Waals surface area contributed by atoms with Crippen molar-refractivity contribution in [3.63, 3.8) is 0 Å². The summed E-state index contributed by atoms with van der Waals surface area (Å²) in [7, 11) is 2.13. The summed E-state index contributed by atoms with van der Waals surface area (Å²) in [4.78, 5) is 0. The number of alkyl halides is 1. The van der Waals surface area contributed by atoms with E-state index in [9.17, 15) is 0 Å². The first-order chi connectivity index (χ1) is 10.7. The van der Waals surface area contributed by atoms with Crippen molar-refractivity contribution in [3.05, 3.63) is 77.4 Å². The number of allylic oxidation sites excluding steroid dienone is 2. The lowest BCUT2D eigenvalue weighted by Crippen LogP contribution is -2.23. The van der Waals surface area contributed by atoms with Crippen molar-refractivity contribution in [1.82, 2.24) is 0 Å². The van der Waals surface area contributed by atoms with Gasteiger partial charge in [-0.3, -0.25) is 0 Å². The van der Waals surface area contributed by atoms with Gasteiger partial charge in [0.15, 0.2) is 12.3 Å². The summed E-state index contributed by atoms with van der Waals surface area (Å²) in [5.74, 6) is 0. The maximum absolute atomic E-state index is 6.66. The van der Waals surface area contributed by atoms with E-state index in [1.54, 1.807) is 0 Å². The summed E-state index contributed by atoms with van der Waals surface area (Å²) in [6, 6.07) is 21.1. The first-order valence-corrected chi connectivity index (χ1v) is 8.12. The molecule has 1 aliphatic rings. The zero-order chi connectivity index (χ0) is 15.5. The van der Waals surface area contributed by atoms with Gasteiger partial charge in [0.05, 0.1) is 0 Å². The first kappa shape index (κ1) is 15.1. The van der Waals surface area contributed by atoms with E-state index in [1.807, 2.05) is 0 Å². The van der Waals surface area contributed by atoms with Crippen molar-refractivity contribution in [1.29, 1.82) is 0 Å². The second-order valence-electron chi connectivity index (χ2n) is 5.87. The van der Waals surface area contributed by atoms with Gasteiger partial charge in [0, 0.05) is 11.1 Å². The molecule has 1 atom stereocenters. The van der Waals surface area contributed by atoms with E-state index in [-0.39, 0.29) is 5.38 Å². The minimum absolute atomic E-state index is 0.0592. The first-order valence-electron chi connectivity index (χ1n) is 7.68. The molecular formula is C20H21ClN+. The Hall–Kier alpha value is -1.86. The second kappa shape index (κ2) is 6.50. The lowest BCUT2D eigenvalue weighted by molar-refractivity contribution is -0.514. The van der Waals surface area contributed by atoms with Crippen LogP contribution in [0.25, 0.3) is 5.57 Å². The molecule has 0 fully saturated rings. The van der Waals surface area contributed by atoms with Crippen LogP contribution in [0.15, 0.2) is 66.2 Å². The Labute approximate surface area is 137 Å². The molecule has 0 aromatic heterocycles. The van der Waals surface area contributed by atoms with E-state index in [2.05, 4.69) is 79.2 Å². The van der Waals surface area contributed by atoms with Crippen molar-refractivity contribution in [2.45, 2.75) is 25.3 Å². The van der Waals surface area contributed by atoms with E-state index in [0.717, 1.165) is 13.0 Å². The van der Waals surface area contributed by atoms with Gasteiger partial charge in [0.2, 0.25) is 0 Å². The average Bonchev–Trinajstić information content (AvgIpc) is 2.84. The van der Waals surface area contributed by atoms with Gasteiger partial charge in [-0.15, -0.1) is 11.6 Å². The number of halogens is 1. The Morgan fingerprint density at radius 2 is 1.59 bits per heavy atom. The molecule has 112 valence electrons. The number of benzene rings is 2. The van der Waals surface area contributed by atoms with Gasteiger partial charge in [-0.05, 0) is 24.5 Å². The van der Waals surface area contributed by atoms with Gasteiger partial charge < -0.3 is 0 Å². The normalized spacial score (nSPS) is 20.4. The number of nitrogens with zero attached hydrogens (tertiary/aromatic N) is 1. The smallest absolute Gasteiger partial charge is 0.197 e. The van der Waals surface area contributed by atoms with Crippen molar-refractivity contribution in [2.24, 2.45) is 0 Å². The molecule has 1 unspecified atom stereocenters. The lowest BCUT2D eigenvalue weighted by Gasteiger charge is -2.06. The fourth-order valence-corrected chi connectivity index (χ4v) is 3.74. The molecule has 1 nitrogen and oxygen atoms in total. The SMILES string of the molecule is CC1=C(c2ccccc2)CC(Cl)C1=[N+](C)Cc1ccccc1. The summed E-state index contributed by atoms with van der Waals surface area (Å²) >= 11 is 6.66. The Kier molecular flexibility index (Phi) is 4.44. The van der Waals surface area contributed by atoms with Crippen molar-refractivity contribution in [3.8, 4) is 0 Å². The molecule has 0 heterocycles. The van der Waals surface area contributed by atoms with Crippen LogP contribution >= 0.6 is 11.6 Å². The minimum Gasteiger partial charge on any atom is -0.230 e. The lowest BCUT2D eigenvalue weighted by atomic mass is 10.0. The molecule has 0 bridgehead atoms. The molecule has 0 saturated heterocycles. The molecule has 3 rings (SSSR count). The highest BCUT2D eigenvalue weighted by Crippen LogP contribution is 2.34. The fraction of sp³-hybridized carbons (Fsp3) is 0.250. The van der Waals surface area contributed by atoms with E-state index >= 15 is 0 Å². The van der Waals surface area contributed by atoms with Gasteiger partial charge in [-0.25, -0.2) is 4.58 Å². The number of hydrogen-bond acceptors (Lipinski definition) is 0. The van der Waals surface area contributed by atoms with Gasteiger partial charge in [0.25, 0.3) is 0 Å². The molecule has 0 aliphatic heterocycles. The molecule has 2 aromatic rings. The fourth-order valence-electron chi connectivity index (χ4n) is 3.26. The molecule has 2 heteroatoms. The average molecular weight is 311 g/mol. The molecule has 0 radical (unpaired) electrons.